The number of halogens is 8. The molecule has 0 N–H and O–H groups in total. The first kappa shape index (κ1) is 22.2. The molecule has 2 aromatic rings. The van der Waals surface area contributed by atoms with Gasteiger partial charge in [-0.2, -0.15) is 26.3 Å². The van der Waals surface area contributed by atoms with Gasteiger partial charge in [-0.1, -0.05) is 0 Å². The third kappa shape index (κ3) is 3.01. The number of alkyl halides is 6. The number of ether oxygens (including phenoxy) is 2. The molecule has 3 rings (SSSR count). The minimum absolute atomic E-state index is 0.127. The lowest BCUT2D eigenvalue weighted by molar-refractivity contribution is -0.527. The van der Waals surface area contributed by atoms with E-state index >= 15 is 0 Å². The second-order valence-corrected chi connectivity index (χ2v) is 6.83. The molecule has 0 bridgehead atoms. The van der Waals surface area contributed by atoms with Crippen LogP contribution in [0.3, 0.4) is 0 Å². The summed E-state index contributed by atoms with van der Waals surface area (Å²) in [5.41, 5.74) is -0.254. The third-order valence-electron chi connectivity index (χ3n) is 4.30. The maximum atomic E-state index is 14.3. The molecule has 2 aromatic carbocycles. The van der Waals surface area contributed by atoms with E-state index in [2.05, 4.69) is 9.47 Å². The standard InChI is InChI=1S/C18H8Cl2F6O4/c19-13(27)9-1-5-11(6-2-9)29-18(16(23,24)15(21,22)17(18,25)26)30-12-7-3-10(4-8-12)14(20)28/h1-8H. The lowest BCUT2D eigenvalue weighted by atomic mass is 9.76. The molecule has 1 aliphatic rings. The predicted molar refractivity (Wildman–Crippen MR) is 92.1 cm³/mol. The van der Waals surface area contributed by atoms with Crippen LogP contribution in [0.25, 0.3) is 0 Å². The lowest BCUT2D eigenvalue weighted by Gasteiger charge is -2.56. The van der Waals surface area contributed by atoms with E-state index in [1.165, 1.54) is 0 Å². The number of rotatable bonds is 6. The first-order chi connectivity index (χ1) is 13.8. The Morgan fingerprint density at radius 1 is 0.600 bits per heavy atom. The number of hydrogen-bond acceptors (Lipinski definition) is 4. The summed E-state index contributed by atoms with van der Waals surface area (Å²) in [4.78, 5) is 22.1. The maximum Gasteiger partial charge on any atom is 0.398 e. The van der Waals surface area contributed by atoms with Crippen molar-refractivity contribution in [2.75, 3.05) is 0 Å². The van der Waals surface area contributed by atoms with Crippen molar-refractivity contribution in [2.24, 2.45) is 0 Å². The second kappa shape index (κ2) is 7.05. The smallest absolute Gasteiger partial charge is 0.398 e. The predicted octanol–water partition coefficient (Wildman–Crippen LogP) is 5.52. The molecule has 1 saturated carbocycles. The average Bonchev–Trinajstić information content (AvgIpc) is 2.67. The Morgan fingerprint density at radius 3 is 1.17 bits per heavy atom. The van der Waals surface area contributed by atoms with Crippen molar-refractivity contribution in [2.45, 2.75) is 23.6 Å². The van der Waals surface area contributed by atoms with Crippen LogP contribution in [0.2, 0.25) is 0 Å². The Bertz CT molecular complexity index is 913. The normalized spacial score (nSPS) is 20.0. The van der Waals surface area contributed by atoms with Crippen LogP contribution in [0, 0.1) is 0 Å². The molecular formula is C18H8Cl2F6O4. The van der Waals surface area contributed by atoms with Crippen LogP contribution >= 0.6 is 23.2 Å². The summed E-state index contributed by atoms with van der Waals surface area (Å²) in [5.74, 6) is -22.6. The van der Waals surface area contributed by atoms with Crippen LogP contribution in [-0.4, -0.2) is 34.0 Å². The van der Waals surface area contributed by atoms with Crippen molar-refractivity contribution in [3.05, 3.63) is 59.7 Å². The molecule has 0 amide bonds. The molecule has 1 fully saturated rings. The van der Waals surface area contributed by atoms with Gasteiger partial charge in [-0.3, -0.25) is 9.59 Å². The molecule has 0 saturated heterocycles. The molecule has 0 spiro atoms. The van der Waals surface area contributed by atoms with E-state index in [-0.39, 0.29) is 11.1 Å². The van der Waals surface area contributed by atoms with E-state index in [9.17, 15) is 35.9 Å². The van der Waals surface area contributed by atoms with E-state index < -0.39 is 45.5 Å². The summed E-state index contributed by atoms with van der Waals surface area (Å²) in [6.07, 6.45) is 0. The van der Waals surface area contributed by atoms with E-state index in [0.29, 0.717) is 0 Å². The van der Waals surface area contributed by atoms with Crippen molar-refractivity contribution in [1.82, 2.24) is 0 Å². The molecule has 0 atom stereocenters. The molecule has 160 valence electrons. The Hall–Kier alpha value is -2.46. The molecule has 0 aromatic heterocycles. The van der Waals surface area contributed by atoms with Crippen LogP contribution in [0.1, 0.15) is 20.7 Å². The highest BCUT2D eigenvalue weighted by molar-refractivity contribution is 6.68. The second-order valence-electron chi connectivity index (χ2n) is 6.14. The third-order valence-corrected chi connectivity index (χ3v) is 4.74. The number of carbonyl (C=O) groups excluding carboxylic acids is 2. The highest BCUT2D eigenvalue weighted by atomic mass is 35.5. The van der Waals surface area contributed by atoms with Crippen molar-refractivity contribution < 1.29 is 45.4 Å². The fourth-order valence-corrected chi connectivity index (χ4v) is 2.91. The van der Waals surface area contributed by atoms with Gasteiger partial charge in [0.2, 0.25) is 0 Å². The topological polar surface area (TPSA) is 52.6 Å². The van der Waals surface area contributed by atoms with Gasteiger partial charge in [-0.05, 0) is 71.7 Å². The lowest BCUT2D eigenvalue weighted by Crippen LogP contribution is -2.90. The number of benzene rings is 2. The molecular weight excluding hydrogens is 465 g/mol. The van der Waals surface area contributed by atoms with Crippen molar-refractivity contribution in [3.8, 4) is 11.5 Å². The van der Waals surface area contributed by atoms with Crippen LogP contribution in [0.4, 0.5) is 26.3 Å². The van der Waals surface area contributed by atoms with Crippen LogP contribution in [0.5, 0.6) is 11.5 Å². The van der Waals surface area contributed by atoms with Gasteiger partial charge in [0.15, 0.2) is 0 Å². The number of carbonyl (C=O) groups is 2. The molecule has 12 heteroatoms. The van der Waals surface area contributed by atoms with Gasteiger partial charge in [0, 0.05) is 11.1 Å². The molecule has 4 nitrogen and oxygen atoms in total. The van der Waals surface area contributed by atoms with Crippen LogP contribution in [0.15, 0.2) is 48.5 Å². The van der Waals surface area contributed by atoms with Crippen molar-refractivity contribution in [3.63, 3.8) is 0 Å². The zero-order chi connectivity index (χ0) is 22.5. The van der Waals surface area contributed by atoms with Crippen molar-refractivity contribution in [1.29, 1.82) is 0 Å². The van der Waals surface area contributed by atoms with E-state index in [1.54, 1.807) is 0 Å². The van der Waals surface area contributed by atoms with E-state index in [4.69, 9.17) is 23.2 Å². The Balaban J connectivity index is 2.03. The summed E-state index contributed by atoms with van der Waals surface area (Å²) < 4.78 is 93.4. The number of hydrogen-bond donors (Lipinski definition) is 0. The fourth-order valence-electron chi connectivity index (χ4n) is 2.66. The van der Waals surface area contributed by atoms with Gasteiger partial charge in [0.1, 0.15) is 11.5 Å². The highest BCUT2D eigenvalue weighted by Gasteiger charge is 3.03. The van der Waals surface area contributed by atoms with Gasteiger partial charge in [0.25, 0.3) is 10.5 Å². The molecule has 0 heterocycles. The molecule has 30 heavy (non-hydrogen) atoms. The largest absolute Gasteiger partial charge is 0.442 e. The summed E-state index contributed by atoms with van der Waals surface area (Å²) in [6, 6.07) is 7.02. The van der Waals surface area contributed by atoms with Gasteiger partial charge < -0.3 is 9.47 Å². The van der Waals surface area contributed by atoms with Crippen molar-refractivity contribution >= 4 is 33.7 Å². The van der Waals surface area contributed by atoms with Crippen LogP contribution in [-0.2, 0) is 0 Å². The zero-order valence-corrected chi connectivity index (χ0v) is 15.8. The Labute approximate surface area is 174 Å². The Kier molecular flexibility index (Phi) is 5.23. The quantitative estimate of drug-likeness (QED) is 0.315. The average molecular weight is 473 g/mol. The fraction of sp³-hybridized carbons (Fsp3) is 0.222. The minimum atomic E-state index is -5.78. The highest BCUT2D eigenvalue weighted by Crippen LogP contribution is 2.68. The molecule has 0 unspecified atom stereocenters. The first-order valence-corrected chi connectivity index (χ1v) is 8.64. The summed E-state index contributed by atoms with van der Waals surface area (Å²) >= 11 is 10.4. The maximum absolute atomic E-state index is 14.3. The molecule has 1 aliphatic carbocycles. The molecule has 0 radical (unpaired) electrons. The summed E-state index contributed by atoms with van der Waals surface area (Å²) in [7, 11) is 0. The summed E-state index contributed by atoms with van der Waals surface area (Å²) in [6.45, 7) is 0. The SMILES string of the molecule is O=C(Cl)c1ccc(OC2(Oc3ccc(C(=O)Cl)cc3)C(F)(F)C(F)(F)C2(F)F)cc1. The van der Waals surface area contributed by atoms with E-state index in [0.717, 1.165) is 48.5 Å². The van der Waals surface area contributed by atoms with Gasteiger partial charge in [-0.25, -0.2) is 0 Å². The monoisotopic (exact) mass is 472 g/mol. The molecule has 0 aliphatic heterocycles. The minimum Gasteiger partial charge on any atom is -0.442 e. The van der Waals surface area contributed by atoms with E-state index in [1.807, 2.05) is 0 Å². The first-order valence-electron chi connectivity index (χ1n) is 7.88. The van der Waals surface area contributed by atoms with Gasteiger partial charge in [-0.15, -0.1) is 0 Å². The van der Waals surface area contributed by atoms with Gasteiger partial charge in [0.05, 0.1) is 0 Å². The Morgan fingerprint density at radius 2 is 0.900 bits per heavy atom. The van der Waals surface area contributed by atoms with Crippen LogP contribution < -0.4 is 9.47 Å². The zero-order valence-electron chi connectivity index (χ0n) is 14.3. The summed E-state index contributed by atoms with van der Waals surface area (Å²) in [5, 5.41) is -1.88. The van der Waals surface area contributed by atoms with Gasteiger partial charge >= 0.3 is 23.6 Å².